The van der Waals surface area contributed by atoms with Crippen molar-refractivity contribution in [2.75, 3.05) is 18.4 Å². The van der Waals surface area contributed by atoms with E-state index in [1.807, 2.05) is 13.8 Å². The highest BCUT2D eigenvalue weighted by Gasteiger charge is 2.13. The molecule has 0 aromatic heterocycles. The van der Waals surface area contributed by atoms with Crippen LogP contribution in [-0.4, -0.2) is 35.7 Å². The van der Waals surface area contributed by atoms with Crippen molar-refractivity contribution >= 4 is 23.4 Å². The maximum atomic E-state index is 12.4. The van der Waals surface area contributed by atoms with Crippen LogP contribution in [0.4, 0.5) is 5.69 Å². The number of carbonyl (C=O) groups is 3. The maximum absolute atomic E-state index is 12.4. The Morgan fingerprint density at radius 2 is 1.59 bits per heavy atom. The van der Waals surface area contributed by atoms with Crippen LogP contribution in [0, 0.1) is 0 Å². The number of hydrogen-bond acceptors (Lipinski definition) is 3. The minimum absolute atomic E-state index is 0.0570. The third-order valence-corrected chi connectivity index (χ3v) is 4.18. The highest BCUT2D eigenvalue weighted by Crippen LogP contribution is 2.15. The first-order valence-electron chi connectivity index (χ1n) is 8.98. The first-order chi connectivity index (χ1) is 12.9. The molecule has 142 valence electrons. The number of anilines is 1. The highest BCUT2D eigenvalue weighted by molar-refractivity contribution is 6.05. The number of carbonyl (C=O) groups excluding carboxylic acids is 3. The van der Waals surface area contributed by atoms with Gasteiger partial charge in [0, 0.05) is 43.4 Å². The fourth-order valence-electron chi connectivity index (χ4n) is 2.63. The van der Waals surface area contributed by atoms with Gasteiger partial charge in [-0.3, -0.25) is 14.4 Å². The van der Waals surface area contributed by atoms with Crippen molar-refractivity contribution in [3.8, 4) is 0 Å². The fraction of sp³-hybridized carbons (Fsp3) is 0.286. The summed E-state index contributed by atoms with van der Waals surface area (Å²) in [5.74, 6) is -0.414. The van der Waals surface area contributed by atoms with Crippen molar-refractivity contribution in [1.82, 2.24) is 10.2 Å². The maximum Gasteiger partial charge on any atom is 0.255 e. The van der Waals surface area contributed by atoms with Crippen molar-refractivity contribution in [3.63, 3.8) is 0 Å². The molecule has 0 atom stereocenters. The second kappa shape index (κ2) is 9.52. The summed E-state index contributed by atoms with van der Waals surface area (Å²) in [5, 5.41) is 5.53. The zero-order valence-corrected chi connectivity index (χ0v) is 15.9. The molecule has 0 aliphatic rings. The van der Waals surface area contributed by atoms with E-state index in [1.54, 1.807) is 53.4 Å². The summed E-state index contributed by atoms with van der Waals surface area (Å²) in [5.41, 5.74) is 2.53. The van der Waals surface area contributed by atoms with E-state index >= 15 is 0 Å². The van der Waals surface area contributed by atoms with Gasteiger partial charge in [-0.1, -0.05) is 18.2 Å². The molecule has 2 rings (SSSR count). The number of amides is 3. The number of rotatable bonds is 7. The third kappa shape index (κ3) is 5.67. The van der Waals surface area contributed by atoms with E-state index in [1.165, 1.54) is 6.92 Å². The molecular formula is C21H25N3O3. The lowest BCUT2D eigenvalue weighted by atomic mass is 10.1. The Balaban J connectivity index is 2.06. The predicted octanol–water partition coefficient (Wildman–Crippen LogP) is 3.06. The van der Waals surface area contributed by atoms with Crippen molar-refractivity contribution in [2.45, 2.75) is 27.3 Å². The summed E-state index contributed by atoms with van der Waals surface area (Å²) in [6, 6.07) is 13.9. The third-order valence-electron chi connectivity index (χ3n) is 4.18. The van der Waals surface area contributed by atoms with Crippen molar-refractivity contribution in [3.05, 3.63) is 65.2 Å². The van der Waals surface area contributed by atoms with E-state index in [0.717, 1.165) is 5.56 Å². The van der Waals surface area contributed by atoms with Crippen LogP contribution in [0.15, 0.2) is 48.5 Å². The van der Waals surface area contributed by atoms with E-state index in [2.05, 4.69) is 10.6 Å². The summed E-state index contributed by atoms with van der Waals surface area (Å²) in [6.45, 7) is 7.02. The predicted molar refractivity (Wildman–Crippen MR) is 106 cm³/mol. The smallest absolute Gasteiger partial charge is 0.255 e. The van der Waals surface area contributed by atoms with Crippen LogP contribution in [0.1, 0.15) is 47.1 Å². The zero-order chi connectivity index (χ0) is 19.8. The minimum atomic E-state index is -0.256. The lowest BCUT2D eigenvalue weighted by molar-refractivity contribution is -0.119. The lowest BCUT2D eigenvalue weighted by Crippen LogP contribution is -2.30. The Labute approximate surface area is 159 Å². The molecule has 0 bridgehead atoms. The van der Waals surface area contributed by atoms with Crippen molar-refractivity contribution < 1.29 is 14.4 Å². The van der Waals surface area contributed by atoms with Gasteiger partial charge in [0.1, 0.15) is 0 Å². The quantitative estimate of drug-likeness (QED) is 0.789. The van der Waals surface area contributed by atoms with E-state index < -0.39 is 0 Å². The highest BCUT2D eigenvalue weighted by atomic mass is 16.2. The Morgan fingerprint density at radius 1 is 0.926 bits per heavy atom. The minimum Gasteiger partial charge on any atom is -0.352 e. The molecule has 3 amide bonds. The molecule has 0 saturated carbocycles. The van der Waals surface area contributed by atoms with Gasteiger partial charge in [-0.25, -0.2) is 0 Å². The van der Waals surface area contributed by atoms with E-state index in [9.17, 15) is 14.4 Å². The van der Waals surface area contributed by atoms with Gasteiger partial charge in [0.25, 0.3) is 11.8 Å². The number of nitrogens with zero attached hydrogens (tertiary/aromatic N) is 1. The molecule has 6 heteroatoms. The topological polar surface area (TPSA) is 78.5 Å². The molecule has 0 heterocycles. The van der Waals surface area contributed by atoms with Gasteiger partial charge in [0.15, 0.2) is 0 Å². The Bertz CT molecular complexity index is 812. The van der Waals surface area contributed by atoms with Crippen LogP contribution in [-0.2, 0) is 11.3 Å². The summed E-state index contributed by atoms with van der Waals surface area (Å²) < 4.78 is 0. The van der Waals surface area contributed by atoms with Gasteiger partial charge < -0.3 is 15.5 Å². The summed E-state index contributed by atoms with van der Waals surface area (Å²) in [6.07, 6.45) is 0. The fourth-order valence-corrected chi connectivity index (χ4v) is 2.63. The average molecular weight is 367 g/mol. The zero-order valence-electron chi connectivity index (χ0n) is 15.9. The van der Waals surface area contributed by atoms with Crippen LogP contribution in [0.5, 0.6) is 0 Å². The first kappa shape index (κ1) is 20.2. The van der Waals surface area contributed by atoms with E-state index in [0.29, 0.717) is 36.4 Å². The number of benzene rings is 2. The van der Waals surface area contributed by atoms with Crippen LogP contribution in [0.2, 0.25) is 0 Å². The molecule has 0 aliphatic carbocycles. The largest absolute Gasteiger partial charge is 0.352 e. The van der Waals surface area contributed by atoms with E-state index in [4.69, 9.17) is 0 Å². The molecule has 6 nitrogen and oxygen atoms in total. The summed E-state index contributed by atoms with van der Waals surface area (Å²) in [7, 11) is 0. The summed E-state index contributed by atoms with van der Waals surface area (Å²) in [4.78, 5) is 37.6. The number of hydrogen-bond donors (Lipinski definition) is 2. The second-order valence-electron chi connectivity index (χ2n) is 6.12. The molecule has 0 unspecified atom stereocenters. The van der Waals surface area contributed by atoms with Gasteiger partial charge in [-0.15, -0.1) is 0 Å². The van der Waals surface area contributed by atoms with Crippen LogP contribution in [0.25, 0.3) is 0 Å². The Kier molecular flexibility index (Phi) is 7.11. The molecule has 0 fully saturated rings. The van der Waals surface area contributed by atoms with Gasteiger partial charge in [0.05, 0.1) is 0 Å². The van der Waals surface area contributed by atoms with Gasteiger partial charge in [0.2, 0.25) is 5.91 Å². The lowest BCUT2D eigenvalue weighted by Gasteiger charge is -2.19. The second-order valence-corrected chi connectivity index (χ2v) is 6.12. The Morgan fingerprint density at radius 3 is 2.19 bits per heavy atom. The molecule has 27 heavy (non-hydrogen) atoms. The van der Waals surface area contributed by atoms with E-state index in [-0.39, 0.29) is 17.7 Å². The molecule has 0 saturated heterocycles. The molecule has 2 aromatic carbocycles. The standard InChI is InChI=1S/C21H25N3O3/c1-4-24(5-2)21(27)18-7-6-8-19(13-18)23-20(26)17-11-9-16(10-12-17)14-22-15(3)25/h6-13H,4-5,14H2,1-3H3,(H,22,25)(H,23,26). The molecule has 0 spiro atoms. The number of nitrogens with one attached hydrogen (secondary N) is 2. The Hall–Kier alpha value is -3.15. The molecule has 0 radical (unpaired) electrons. The molecule has 0 aliphatic heterocycles. The van der Waals surface area contributed by atoms with Crippen LogP contribution >= 0.6 is 0 Å². The van der Waals surface area contributed by atoms with Gasteiger partial charge >= 0.3 is 0 Å². The first-order valence-corrected chi connectivity index (χ1v) is 8.98. The normalized spacial score (nSPS) is 10.2. The van der Waals surface area contributed by atoms with Crippen LogP contribution in [0.3, 0.4) is 0 Å². The summed E-state index contributed by atoms with van der Waals surface area (Å²) >= 11 is 0. The molecular weight excluding hydrogens is 342 g/mol. The monoisotopic (exact) mass is 367 g/mol. The average Bonchev–Trinajstić information content (AvgIpc) is 2.67. The SMILES string of the molecule is CCN(CC)C(=O)c1cccc(NC(=O)c2ccc(CNC(C)=O)cc2)c1. The molecule has 2 N–H and O–H groups in total. The van der Waals surface area contributed by atoms with Gasteiger partial charge in [-0.2, -0.15) is 0 Å². The van der Waals surface area contributed by atoms with Crippen molar-refractivity contribution in [1.29, 1.82) is 0 Å². The van der Waals surface area contributed by atoms with Gasteiger partial charge in [-0.05, 0) is 49.7 Å². The molecule has 2 aromatic rings. The van der Waals surface area contributed by atoms with Crippen LogP contribution < -0.4 is 10.6 Å². The van der Waals surface area contributed by atoms with Crippen molar-refractivity contribution in [2.24, 2.45) is 0 Å².